The number of rotatable bonds is 3. The van der Waals surface area contributed by atoms with Crippen LogP contribution in [0.2, 0.25) is 0 Å². The van der Waals surface area contributed by atoms with Crippen LogP contribution < -0.4 is 10.6 Å². The molecule has 0 aliphatic rings. The summed E-state index contributed by atoms with van der Waals surface area (Å²) >= 11 is 0. The maximum absolute atomic E-state index is 12.4. The van der Waals surface area contributed by atoms with Gasteiger partial charge in [-0.3, -0.25) is 0 Å². The Morgan fingerprint density at radius 1 is 0.828 bits per heavy atom. The number of hydrogen-bond acceptors (Lipinski definition) is 4. The molecule has 7 nitrogen and oxygen atoms in total. The molecular weight excluding hydrogens is 366 g/mol. The van der Waals surface area contributed by atoms with Crippen LogP contribution in [0.1, 0.15) is 16.7 Å². The third kappa shape index (κ3) is 3.89. The van der Waals surface area contributed by atoms with E-state index in [1.807, 2.05) is 63.2 Å². The maximum atomic E-state index is 12.4. The van der Waals surface area contributed by atoms with Gasteiger partial charge in [-0.05, 0) is 68.3 Å². The fourth-order valence-corrected chi connectivity index (χ4v) is 3.06. The largest absolute Gasteiger partial charge is 0.504 e. The third-order valence-corrected chi connectivity index (χ3v) is 4.54. The number of benzene rings is 3. The van der Waals surface area contributed by atoms with Crippen LogP contribution in [0.15, 0.2) is 54.6 Å². The van der Waals surface area contributed by atoms with Crippen molar-refractivity contribution in [2.75, 3.05) is 10.6 Å². The van der Waals surface area contributed by atoms with E-state index >= 15 is 0 Å². The molecule has 0 atom stereocenters. The zero-order valence-electron chi connectivity index (χ0n) is 16.4. The number of hydrogen-bond donors (Lipinski definition) is 3. The van der Waals surface area contributed by atoms with Gasteiger partial charge in [0.2, 0.25) is 0 Å². The van der Waals surface area contributed by atoms with Gasteiger partial charge >= 0.3 is 6.03 Å². The minimum Gasteiger partial charge on any atom is -0.504 e. The summed E-state index contributed by atoms with van der Waals surface area (Å²) in [7, 11) is 0. The van der Waals surface area contributed by atoms with Gasteiger partial charge in [-0.1, -0.05) is 23.8 Å². The van der Waals surface area contributed by atoms with Gasteiger partial charge in [-0.25, -0.2) is 4.79 Å². The predicted molar refractivity (Wildman–Crippen MR) is 114 cm³/mol. The average molecular weight is 387 g/mol. The second-order valence-corrected chi connectivity index (χ2v) is 7.11. The maximum Gasteiger partial charge on any atom is 0.323 e. The standard InChI is InChI=1S/C22H21N5O2/c1-13-4-7-16(8-5-13)23-22(29)24-19-11-15(3)12-20(21(19)28)27-25-17-9-6-14(2)10-18(17)26-27/h4-12,28H,1-3H3,(H2,23,24,29). The second-order valence-electron chi connectivity index (χ2n) is 7.11. The number of carbonyl (C=O) groups excluding carboxylic acids is 1. The lowest BCUT2D eigenvalue weighted by Crippen LogP contribution is -2.19. The number of carbonyl (C=O) groups is 1. The van der Waals surface area contributed by atoms with E-state index in [4.69, 9.17) is 0 Å². The Morgan fingerprint density at radius 2 is 1.52 bits per heavy atom. The fourth-order valence-electron chi connectivity index (χ4n) is 3.06. The zero-order chi connectivity index (χ0) is 20.5. The summed E-state index contributed by atoms with van der Waals surface area (Å²) in [5.74, 6) is -0.105. The topological polar surface area (TPSA) is 92.1 Å². The Bertz CT molecular complexity index is 1210. The molecule has 4 aromatic rings. The molecule has 1 heterocycles. The summed E-state index contributed by atoms with van der Waals surface area (Å²) in [5, 5.41) is 25.1. The molecular formula is C22H21N5O2. The van der Waals surface area contributed by atoms with Crippen molar-refractivity contribution in [2.24, 2.45) is 0 Å². The first kappa shape index (κ1) is 18.5. The summed E-state index contributed by atoms with van der Waals surface area (Å²) < 4.78 is 0. The Morgan fingerprint density at radius 3 is 2.28 bits per heavy atom. The van der Waals surface area contributed by atoms with Gasteiger partial charge in [-0.2, -0.15) is 0 Å². The average Bonchev–Trinajstić information content (AvgIpc) is 3.09. The molecule has 29 heavy (non-hydrogen) atoms. The first-order valence-corrected chi connectivity index (χ1v) is 9.21. The smallest absolute Gasteiger partial charge is 0.323 e. The zero-order valence-corrected chi connectivity index (χ0v) is 16.4. The Hall–Kier alpha value is -3.87. The molecule has 0 aliphatic carbocycles. The highest BCUT2D eigenvalue weighted by molar-refractivity contribution is 6.01. The molecule has 1 aromatic heterocycles. The third-order valence-electron chi connectivity index (χ3n) is 4.54. The van der Waals surface area contributed by atoms with E-state index in [-0.39, 0.29) is 11.4 Å². The quantitative estimate of drug-likeness (QED) is 0.445. The number of aromatic nitrogens is 3. The molecule has 0 radical (unpaired) electrons. The molecule has 0 bridgehead atoms. The van der Waals surface area contributed by atoms with Crippen LogP contribution in [0.25, 0.3) is 16.7 Å². The number of phenolic OH excluding ortho intramolecular Hbond substituents is 1. The molecule has 0 saturated heterocycles. The lowest BCUT2D eigenvalue weighted by Gasteiger charge is -2.13. The lowest BCUT2D eigenvalue weighted by atomic mass is 10.1. The van der Waals surface area contributed by atoms with Crippen LogP contribution >= 0.6 is 0 Å². The van der Waals surface area contributed by atoms with E-state index in [1.54, 1.807) is 12.1 Å². The van der Waals surface area contributed by atoms with Crippen molar-refractivity contribution in [3.05, 3.63) is 71.3 Å². The number of aromatic hydroxyl groups is 1. The van der Waals surface area contributed by atoms with Gasteiger partial charge < -0.3 is 15.7 Å². The van der Waals surface area contributed by atoms with Crippen molar-refractivity contribution in [2.45, 2.75) is 20.8 Å². The summed E-state index contributed by atoms with van der Waals surface area (Å²) in [4.78, 5) is 13.8. The van der Waals surface area contributed by atoms with E-state index in [0.717, 1.165) is 27.7 Å². The second kappa shape index (κ2) is 7.27. The number of nitrogens with one attached hydrogen (secondary N) is 2. The first-order valence-electron chi connectivity index (χ1n) is 9.21. The van der Waals surface area contributed by atoms with Gasteiger partial charge in [0.1, 0.15) is 16.7 Å². The van der Waals surface area contributed by atoms with Gasteiger partial charge in [0.15, 0.2) is 5.75 Å². The summed E-state index contributed by atoms with van der Waals surface area (Å²) in [6.45, 7) is 5.83. The summed E-state index contributed by atoms with van der Waals surface area (Å²) in [6.07, 6.45) is 0. The first-order chi connectivity index (χ1) is 13.9. The minimum atomic E-state index is -0.449. The number of anilines is 2. The van der Waals surface area contributed by atoms with Gasteiger partial charge in [-0.15, -0.1) is 15.0 Å². The number of nitrogens with zero attached hydrogens (tertiary/aromatic N) is 3. The van der Waals surface area contributed by atoms with Crippen LogP contribution in [0.5, 0.6) is 5.75 Å². The molecule has 2 amide bonds. The predicted octanol–water partition coefficient (Wildman–Crippen LogP) is 4.70. The highest BCUT2D eigenvalue weighted by Gasteiger charge is 2.15. The number of phenols is 1. The molecule has 0 aliphatic heterocycles. The summed E-state index contributed by atoms with van der Waals surface area (Å²) in [5.41, 5.74) is 5.82. The van der Waals surface area contributed by atoms with Crippen LogP contribution in [0.4, 0.5) is 16.2 Å². The Labute approximate surface area is 168 Å². The van der Waals surface area contributed by atoms with Crippen molar-refractivity contribution in [1.82, 2.24) is 15.0 Å². The monoisotopic (exact) mass is 387 g/mol. The van der Waals surface area contributed by atoms with Crippen molar-refractivity contribution >= 4 is 28.4 Å². The highest BCUT2D eigenvalue weighted by Crippen LogP contribution is 2.32. The highest BCUT2D eigenvalue weighted by atomic mass is 16.3. The molecule has 3 N–H and O–H groups in total. The number of aryl methyl sites for hydroxylation is 3. The molecule has 146 valence electrons. The van der Waals surface area contributed by atoms with Crippen LogP contribution in [0, 0.1) is 20.8 Å². The number of amides is 2. The SMILES string of the molecule is Cc1ccc(NC(=O)Nc2cc(C)cc(-n3nc4ccc(C)cc4n3)c2O)cc1. The van der Waals surface area contributed by atoms with Crippen LogP contribution in [-0.4, -0.2) is 26.1 Å². The van der Waals surface area contributed by atoms with E-state index in [1.165, 1.54) is 4.80 Å². The lowest BCUT2D eigenvalue weighted by molar-refractivity contribution is 0.262. The molecule has 7 heteroatoms. The summed E-state index contributed by atoms with van der Waals surface area (Å²) in [6, 6.07) is 16.2. The van der Waals surface area contributed by atoms with E-state index in [9.17, 15) is 9.90 Å². The molecule has 0 unspecified atom stereocenters. The number of urea groups is 1. The Kier molecular flexibility index (Phi) is 4.64. The van der Waals surface area contributed by atoms with Gasteiger partial charge in [0, 0.05) is 5.69 Å². The van der Waals surface area contributed by atoms with E-state index < -0.39 is 6.03 Å². The van der Waals surface area contributed by atoms with Crippen molar-refractivity contribution < 1.29 is 9.90 Å². The van der Waals surface area contributed by atoms with Crippen LogP contribution in [0.3, 0.4) is 0 Å². The molecule has 3 aromatic carbocycles. The van der Waals surface area contributed by atoms with Gasteiger partial charge in [0.25, 0.3) is 0 Å². The van der Waals surface area contributed by atoms with Crippen molar-refractivity contribution in [3.63, 3.8) is 0 Å². The van der Waals surface area contributed by atoms with Gasteiger partial charge in [0.05, 0.1) is 5.69 Å². The van der Waals surface area contributed by atoms with E-state index in [0.29, 0.717) is 11.4 Å². The molecule has 0 fully saturated rings. The number of fused-ring (bicyclic) bond motifs is 1. The Balaban J connectivity index is 1.63. The molecule has 0 spiro atoms. The van der Waals surface area contributed by atoms with E-state index in [2.05, 4.69) is 20.8 Å². The van der Waals surface area contributed by atoms with Crippen LogP contribution in [-0.2, 0) is 0 Å². The minimum absolute atomic E-state index is 0.105. The fraction of sp³-hybridized carbons (Fsp3) is 0.136. The van der Waals surface area contributed by atoms with Crippen molar-refractivity contribution in [3.8, 4) is 11.4 Å². The normalized spacial score (nSPS) is 10.9. The van der Waals surface area contributed by atoms with Crippen molar-refractivity contribution in [1.29, 1.82) is 0 Å². The molecule has 0 saturated carbocycles. The molecule has 4 rings (SSSR count).